The van der Waals surface area contributed by atoms with Crippen LogP contribution in [0.15, 0.2) is 77.4 Å². The fraction of sp³-hybridized carbons (Fsp3) is 0.154. The van der Waals surface area contributed by atoms with Crippen LogP contribution in [0.2, 0.25) is 5.02 Å². The van der Waals surface area contributed by atoms with Crippen molar-refractivity contribution in [2.24, 2.45) is 5.10 Å². The number of halogens is 1. The summed E-state index contributed by atoms with van der Waals surface area (Å²) in [6.07, 6.45) is 1.86. The van der Waals surface area contributed by atoms with E-state index in [2.05, 4.69) is 5.10 Å². The third kappa shape index (κ3) is 4.70. The number of amides is 1. The lowest BCUT2D eigenvalue weighted by Gasteiger charge is -2.13. The van der Waals surface area contributed by atoms with Crippen LogP contribution in [0.1, 0.15) is 29.2 Å². The van der Waals surface area contributed by atoms with E-state index in [-0.39, 0.29) is 5.91 Å². The van der Waals surface area contributed by atoms with E-state index >= 15 is 0 Å². The van der Waals surface area contributed by atoms with Gasteiger partial charge in [-0.3, -0.25) is 4.79 Å². The number of benzene rings is 3. The molecular weight excluding hydrogens is 408 g/mol. The highest BCUT2D eigenvalue weighted by Crippen LogP contribution is 2.27. The molecule has 5 heteroatoms. The summed E-state index contributed by atoms with van der Waals surface area (Å²) < 4.78 is 5.91. The van der Waals surface area contributed by atoms with Crippen LogP contribution in [0.25, 0.3) is 6.08 Å². The van der Waals surface area contributed by atoms with Crippen molar-refractivity contribution < 1.29 is 9.53 Å². The van der Waals surface area contributed by atoms with Gasteiger partial charge in [-0.1, -0.05) is 41.9 Å². The molecule has 1 heterocycles. The van der Waals surface area contributed by atoms with Gasteiger partial charge in [-0.05, 0) is 85.5 Å². The lowest BCUT2D eigenvalue weighted by Crippen LogP contribution is -2.21. The molecule has 0 aromatic heterocycles. The Kier molecular flexibility index (Phi) is 5.92. The lowest BCUT2D eigenvalue weighted by molar-refractivity contribution is -0.114. The summed E-state index contributed by atoms with van der Waals surface area (Å²) in [7, 11) is 0. The van der Waals surface area contributed by atoms with Crippen LogP contribution in [0, 0.1) is 13.8 Å². The smallest absolute Gasteiger partial charge is 0.280 e. The number of hydrogen-bond donors (Lipinski definition) is 0. The zero-order valence-corrected chi connectivity index (χ0v) is 18.5. The van der Waals surface area contributed by atoms with E-state index in [0.717, 1.165) is 28.1 Å². The van der Waals surface area contributed by atoms with Crippen LogP contribution < -0.4 is 9.75 Å². The largest absolute Gasteiger partial charge is 0.489 e. The number of anilines is 1. The summed E-state index contributed by atoms with van der Waals surface area (Å²) in [5.74, 6) is 0.589. The minimum absolute atomic E-state index is 0.133. The first-order valence-electron chi connectivity index (χ1n) is 10.1. The van der Waals surface area contributed by atoms with Crippen LogP contribution in [0.4, 0.5) is 5.69 Å². The number of carbonyl (C=O) groups is 1. The van der Waals surface area contributed by atoms with Crippen LogP contribution in [0.3, 0.4) is 0 Å². The zero-order chi connectivity index (χ0) is 22.0. The molecule has 156 valence electrons. The Hall–Kier alpha value is -3.37. The van der Waals surface area contributed by atoms with Gasteiger partial charge in [0.15, 0.2) is 0 Å². The van der Waals surface area contributed by atoms with E-state index in [0.29, 0.717) is 22.9 Å². The van der Waals surface area contributed by atoms with Crippen molar-refractivity contribution in [3.63, 3.8) is 0 Å². The van der Waals surface area contributed by atoms with E-state index < -0.39 is 0 Å². The van der Waals surface area contributed by atoms with Gasteiger partial charge in [0, 0.05) is 5.02 Å². The van der Waals surface area contributed by atoms with Gasteiger partial charge in [0.05, 0.1) is 17.0 Å². The van der Waals surface area contributed by atoms with Crippen molar-refractivity contribution in [1.82, 2.24) is 0 Å². The van der Waals surface area contributed by atoms with E-state index in [1.807, 2.05) is 93.6 Å². The summed E-state index contributed by atoms with van der Waals surface area (Å²) >= 11 is 6.04. The standard InChI is InChI=1S/C26H23ClN2O2/c1-17-10-11-23(12-18(17)2)29-26(30)25(19(3)28-29)15-20-6-5-9-24(14-20)31-16-21-7-4-8-22(27)13-21/h4-15H,16H2,1-3H3/b25-15-. The van der Waals surface area contributed by atoms with Gasteiger partial charge in [-0.2, -0.15) is 10.1 Å². The summed E-state index contributed by atoms with van der Waals surface area (Å²) in [4.78, 5) is 13.0. The average molecular weight is 431 g/mol. The first-order valence-corrected chi connectivity index (χ1v) is 10.4. The van der Waals surface area contributed by atoms with Gasteiger partial charge in [0.25, 0.3) is 5.91 Å². The van der Waals surface area contributed by atoms with Crippen molar-refractivity contribution in [2.75, 3.05) is 5.01 Å². The quantitative estimate of drug-likeness (QED) is 0.443. The molecule has 4 nitrogen and oxygen atoms in total. The number of nitrogens with zero attached hydrogens (tertiary/aromatic N) is 2. The lowest BCUT2D eigenvalue weighted by atomic mass is 10.1. The van der Waals surface area contributed by atoms with Crippen LogP contribution >= 0.6 is 11.6 Å². The van der Waals surface area contributed by atoms with Crippen molar-refractivity contribution >= 4 is 35.0 Å². The van der Waals surface area contributed by atoms with Crippen LogP contribution in [0.5, 0.6) is 5.75 Å². The Morgan fingerprint density at radius 2 is 1.77 bits per heavy atom. The minimum Gasteiger partial charge on any atom is -0.489 e. The van der Waals surface area contributed by atoms with E-state index in [1.54, 1.807) is 0 Å². The average Bonchev–Trinajstić information content (AvgIpc) is 3.03. The predicted molar refractivity (Wildman–Crippen MR) is 127 cm³/mol. The molecule has 1 aliphatic rings. The second-order valence-electron chi connectivity index (χ2n) is 7.62. The molecule has 4 rings (SSSR count). The maximum Gasteiger partial charge on any atom is 0.280 e. The van der Waals surface area contributed by atoms with Crippen molar-refractivity contribution in [2.45, 2.75) is 27.4 Å². The molecular formula is C26H23ClN2O2. The third-order valence-electron chi connectivity index (χ3n) is 5.26. The zero-order valence-electron chi connectivity index (χ0n) is 17.7. The first-order chi connectivity index (χ1) is 14.9. The maximum atomic E-state index is 13.0. The fourth-order valence-corrected chi connectivity index (χ4v) is 3.58. The molecule has 3 aromatic rings. The molecule has 1 amide bonds. The second-order valence-corrected chi connectivity index (χ2v) is 8.06. The van der Waals surface area contributed by atoms with E-state index in [4.69, 9.17) is 16.3 Å². The number of ether oxygens (including phenoxy) is 1. The van der Waals surface area contributed by atoms with E-state index in [1.165, 1.54) is 10.6 Å². The SMILES string of the molecule is CC1=NN(c2ccc(C)c(C)c2)C(=O)/C1=C\c1cccc(OCc2cccc(Cl)c2)c1. The predicted octanol–water partition coefficient (Wildman–Crippen LogP) is 6.34. The summed E-state index contributed by atoms with van der Waals surface area (Å²) in [5.41, 5.74) is 6.22. The molecule has 0 radical (unpaired) electrons. The molecule has 0 unspecified atom stereocenters. The molecule has 3 aromatic carbocycles. The van der Waals surface area contributed by atoms with Crippen LogP contribution in [-0.2, 0) is 11.4 Å². The number of carbonyl (C=O) groups excluding carboxylic acids is 1. The highest BCUT2D eigenvalue weighted by atomic mass is 35.5. The number of hydrazone groups is 1. The molecule has 0 saturated carbocycles. The number of rotatable bonds is 5. The van der Waals surface area contributed by atoms with Gasteiger partial charge >= 0.3 is 0 Å². The molecule has 1 aliphatic heterocycles. The summed E-state index contributed by atoms with van der Waals surface area (Å²) in [6.45, 7) is 6.35. The Labute approximate surface area is 187 Å². The van der Waals surface area contributed by atoms with E-state index in [9.17, 15) is 4.79 Å². The normalized spacial score (nSPS) is 14.8. The Bertz CT molecular complexity index is 1210. The van der Waals surface area contributed by atoms with Gasteiger partial charge in [0.2, 0.25) is 0 Å². The summed E-state index contributed by atoms with van der Waals surface area (Å²) in [6, 6.07) is 21.2. The Morgan fingerprint density at radius 1 is 0.968 bits per heavy atom. The van der Waals surface area contributed by atoms with Crippen molar-refractivity contribution in [3.05, 3.63) is 99.6 Å². The monoisotopic (exact) mass is 430 g/mol. The highest BCUT2D eigenvalue weighted by Gasteiger charge is 2.28. The van der Waals surface area contributed by atoms with Gasteiger partial charge < -0.3 is 4.74 Å². The number of aryl methyl sites for hydroxylation is 2. The van der Waals surface area contributed by atoms with Crippen molar-refractivity contribution in [1.29, 1.82) is 0 Å². The first kappa shape index (κ1) is 20.9. The Balaban J connectivity index is 1.53. The topological polar surface area (TPSA) is 41.9 Å². The number of hydrogen-bond acceptors (Lipinski definition) is 3. The molecule has 0 N–H and O–H groups in total. The second kappa shape index (κ2) is 8.78. The molecule has 0 spiro atoms. The molecule has 0 fully saturated rings. The fourth-order valence-electron chi connectivity index (χ4n) is 3.37. The Morgan fingerprint density at radius 3 is 2.55 bits per heavy atom. The van der Waals surface area contributed by atoms with Gasteiger partial charge in [0.1, 0.15) is 12.4 Å². The molecule has 0 bridgehead atoms. The molecule has 0 aliphatic carbocycles. The minimum atomic E-state index is -0.133. The van der Waals surface area contributed by atoms with Gasteiger partial charge in [-0.25, -0.2) is 0 Å². The molecule has 31 heavy (non-hydrogen) atoms. The van der Waals surface area contributed by atoms with Crippen molar-refractivity contribution in [3.8, 4) is 5.75 Å². The third-order valence-corrected chi connectivity index (χ3v) is 5.50. The van der Waals surface area contributed by atoms with Crippen LogP contribution in [-0.4, -0.2) is 11.6 Å². The highest BCUT2D eigenvalue weighted by molar-refractivity contribution is 6.32. The van der Waals surface area contributed by atoms with Gasteiger partial charge in [-0.15, -0.1) is 0 Å². The summed E-state index contributed by atoms with van der Waals surface area (Å²) in [5, 5.41) is 6.63. The molecule has 0 atom stereocenters. The molecule has 0 saturated heterocycles. The maximum absolute atomic E-state index is 13.0.